The molecule has 0 radical (unpaired) electrons. The standard InChI is InChI=1S/C12H14O5S/c1-3-9-12(2,11(13)14)17-18(15,16)10-7-5-4-6-8-10/h3-9H,1-2H3,(H,13,14). The molecule has 5 nitrogen and oxygen atoms in total. The first-order chi connectivity index (χ1) is 8.32. The van der Waals surface area contributed by atoms with Crippen LogP contribution in [0.25, 0.3) is 0 Å². The van der Waals surface area contributed by atoms with Crippen molar-refractivity contribution in [1.29, 1.82) is 0 Å². The van der Waals surface area contributed by atoms with Crippen LogP contribution in [0.5, 0.6) is 0 Å². The molecule has 0 saturated heterocycles. The number of allylic oxidation sites excluding steroid dienone is 1. The Balaban J connectivity index is 3.13. The number of hydrogen-bond donors (Lipinski definition) is 1. The second-order valence-corrected chi connectivity index (χ2v) is 5.31. The van der Waals surface area contributed by atoms with E-state index in [1.54, 1.807) is 13.0 Å². The molecule has 0 bridgehead atoms. The van der Waals surface area contributed by atoms with Gasteiger partial charge in [-0.15, -0.1) is 0 Å². The molecule has 0 spiro atoms. The smallest absolute Gasteiger partial charge is 0.341 e. The van der Waals surface area contributed by atoms with Crippen LogP contribution in [0.2, 0.25) is 0 Å². The fourth-order valence-corrected chi connectivity index (χ4v) is 2.49. The molecule has 0 aromatic heterocycles. The Morgan fingerprint density at radius 2 is 1.89 bits per heavy atom. The molecule has 18 heavy (non-hydrogen) atoms. The van der Waals surface area contributed by atoms with Crippen molar-refractivity contribution >= 4 is 16.1 Å². The number of hydrogen-bond acceptors (Lipinski definition) is 4. The van der Waals surface area contributed by atoms with Gasteiger partial charge in [-0.25, -0.2) is 8.98 Å². The zero-order valence-electron chi connectivity index (χ0n) is 10.0. The average molecular weight is 270 g/mol. The quantitative estimate of drug-likeness (QED) is 0.652. The van der Waals surface area contributed by atoms with Gasteiger partial charge < -0.3 is 5.11 Å². The lowest BCUT2D eigenvalue weighted by Crippen LogP contribution is -2.38. The average Bonchev–Trinajstić information content (AvgIpc) is 2.29. The lowest BCUT2D eigenvalue weighted by molar-refractivity contribution is -0.149. The van der Waals surface area contributed by atoms with Crippen LogP contribution >= 0.6 is 0 Å². The summed E-state index contributed by atoms with van der Waals surface area (Å²) in [6.07, 6.45) is 2.60. The summed E-state index contributed by atoms with van der Waals surface area (Å²) in [5.41, 5.74) is -1.91. The van der Waals surface area contributed by atoms with Gasteiger partial charge in [-0.2, -0.15) is 8.42 Å². The van der Waals surface area contributed by atoms with Crippen LogP contribution in [-0.4, -0.2) is 25.1 Å². The second-order valence-electron chi connectivity index (χ2n) is 3.76. The molecular formula is C12H14O5S. The van der Waals surface area contributed by atoms with Gasteiger partial charge in [0.15, 0.2) is 5.60 Å². The molecular weight excluding hydrogens is 256 g/mol. The zero-order chi connectivity index (χ0) is 13.8. The van der Waals surface area contributed by atoms with Crippen LogP contribution in [0.1, 0.15) is 13.8 Å². The summed E-state index contributed by atoms with van der Waals surface area (Å²) in [4.78, 5) is 11.0. The van der Waals surface area contributed by atoms with Crippen molar-refractivity contribution in [3.63, 3.8) is 0 Å². The van der Waals surface area contributed by atoms with Gasteiger partial charge >= 0.3 is 5.97 Å². The molecule has 0 amide bonds. The molecule has 0 aliphatic rings. The van der Waals surface area contributed by atoms with Crippen molar-refractivity contribution in [2.24, 2.45) is 0 Å². The third kappa shape index (κ3) is 3.18. The highest BCUT2D eigenvalue weighted by Crippen LogP contribution is 2.22. The van der Waals surface area contributed by atoms with Gasteiger partial charge in [-0.3, -0.25) is 0 Å². The Bertz CT molecular complexity index is 547. The van der Waals surface area contributed by atoms with E-state index in [1.807, 2.05) is 0 Å². The van der Waals surface area contributed by atoms with Crippen LogP contribution in [0.3, 0.4) is 0 Å². The van der Waals surface area contributed by atoms with E-state index < -0.39 is 21.7 Å². The first-order valence-corrected chi connectivity index (χ1v) is 6.60. The van der Waals surface area contributed by atoms with Crippen molar-refractivity contribution in [2.45, 2.75) is 24.3 Å². The van der Waals surface area contributed by atoms with Gasteiger partial charge in [0.1, 0.15) is 0 Å². The van der Waals surface area contributed by atoms with Gasteiger partial charge in [0.05, 0.1) is 4.90 Å². The highest BCUT2D eigenvalue weighted by molar-refractivity contribution is 7.86. The lowest BCUT2D eigenvalue weighted by atomic mass is 10.1. The normalized spacial score (nSPS) is 15.4. The van der Waals surface area contributed by atoms with Crippen LogP contribution in [0.15, 0.2) is 47.4 Å². The number of carbonyl (C=O) groups is 1. The summed E-state index contributed by atoms with van der Waals surface area (Å²) in [6, 6.07) is 7.40. The Hall–Kier alpha value is -1.66. The molecule has 0 fully saturated rings. The molecule has 98 valence electrons. The number of carboxylic acids is 1. The van der Waals surface area contributed by atoms with Crippen molar-refractivity contribution in [3.8, 4) is 0 Å². The third-order valence-electron chi connectivity index (χ3n) is 2.22. The zero-order valence-corrected chi connectivity index (χ0v) is 10.8. The summed E-state index contributed by atoms with van der Waals surface area (Å²) in [5.74, 6) is -1.37. The fraction of sp³-hybridized carbons (Fsp3) is 0.250. The van der Waals surface area contributed by atoms with Gasteiger partial charge in [-0.1, -0.05) is 24.3 Å². The molecule has 1 unspecified atom stereocenters. The van der Waals surface area contributed by atoms with Crippen LogP contribution in [0, 0.1) is 0 Å². The molecule has 1 aromatic rings. The van der Waals surface area contributed by atoms with E-state index >= 15 is 0 Å². The van der Waals surface area contributed by atoms with Gasteiger partial charge in [0.2, 0.25) is 0 Å². The first kappa shape index (κ1) is 14.4. The summed E-state index contributed by atoms with van der Waals surface area (Å²) in [6.45, 7) is 2.76. The predicted molar refractivity (Wildman–Crippen MR) is 65.6 cm³/mol. The monoisotopic (exact) mass is 270 g/mol. The van der Waals surface area contributed by atoms with Crippen molar-refractivity contribution in [1.82, 2.24) is 0 Å². The maximum Gasteiger partial charge on any atom is 0.341 e. The fourth-order valence-electron chi connectivity index (χ4n) is 1.32. The van der Waals surface area contributed by atoms with E-state index in [0.717, 1.165) is 0 Å². The summed E-state index contributed by atoms with van der Waals surface area (Å²) in [5, 5.41) is 9.03. The molecule has 0 aliphatic heterocycles. The largest absolute Gasteiger partial charge is 0.479 e. The molecule has 1 atom stereocenters. The maximum absolute atomic E-state index is 11.9. The van der Waals surface area contributed by atoms with Gasteiger partial charge in [0.25, 0.3) is 10.1 Å². The van der Waals surface area contributed by atoms with E-state index in [0.29, 0.717) is 0 Å². The number of rotatable bonds is 5. The Morgan fingerprint density at radius 3 is 2.33 bits per heavy atom. The molecule has 0 heterocycles. The molecule has 1 N–H and O–H groups in total. The summed E-state index contributed by atoms with van der Waals surface area (Å²) < 4.78 is 28.6. The van der Waals surface area contributed by atoms with Crippen LogP contribution in [0.4, 0.5) is 0 Å². The second kappa shape index (κ2) is 5.32. The SMILES string of the molecule is CC=CC(C)(OS(=O)(=O)c1ccccc1)C(=O)O. The van der Waals surface area contributed by atoms with Crippen LogP contribution in [-0.2, 0) is 19.1 Å². The molecule has 1 rings (SSSR count). The van der Waals surface area contributed by atoms with E-state index in [9.17, 15) is 13.2 Å². The highest BCUT2D eigenvalue weighted by Gasteiger charge is 2.37. The highest BCUT2D eigenvalue weighted by atomic mass is 32.2. The van der Waals surface area contributed by atoms with Gasteiger partial charge in [-0.05, 0) is 32.1 Å². The van der Waals surface area contributed by atoms with E-state index in [4.69, 9.17) is 9.29 Å². The van der Waals surface area contributed by atoms with Gasteiger partial charge in [0, 0.05) is 0 Å². The first-order valence-electron chi connectivity index (χ1n) is 5.20. The minimum Gasteiger partial charge on any atom is -0.479 e. The third-order valence-corrected chi connectivity index (χ3v) is 3.64. The Kier molecular flexibility index (Phi) is 4.26. The Morgan fingerprint density at radius 1 is 1.33 bits per heavy atom. The van der Waals surface area contributed by atoms with Crippen molar-refractivity contribution < 1.29 is 22.5 Å². The molecule has 6 heteroatoms. The van der Waals surface area contributed by atoms with E-state index in [1.165, 1.54) is 43.3 Å². The Labute approximate surface area is 106 Å². The molecule has 0 aliphatic carbocycles. The minimum absolute atomic E-state index is 0.0815. The maximum atomic E-state index is 11.9. The number of carboxylic acid groups (broad SMARTS) is 1. The minimum atomic E-state index is -4.12. The topological polar surface area (TPSA) is 80.7 Å². The molecule has 0 saturated carbocycles. The number of benzene rings is 1. The summed E-state index contributed by atoms with van der Waals surface area (Å²) in [7, 11) is -4.12. The predicted octanol–water partition coefficient (Wildman–Crippen LogP) is 1.81. The van der Waals surface area contributed by atoms with Crippen molar-refractivity contribution in [3.05, 3.63) is 42.5 Å². The van der Waals surface area contributed by atoms with E-state index in [2.05, 4.69) is 0 Å². The van der Waals surface area contributed by atoms with E-state index in [-0.39, 0.29) is 4.90 Å². The molecule has 1 aromatic carbocycles. The number of aliphatic carboxylic acids is 1. The van der Waals surface area contributed by atoms with Crippen molar-refractivity contribution in [2.75, 3.05) is 0 Å². The lowest BCUT2D eigenvalue weighted by Gasteiger charge is -2.20. The van der Waals surface area contributed by atoms with Crippen LogP contribution < -0.4 is 0 Å². The summed E-state index contributed by atoms with van der Waals surface area (Å²) >= 11 is 0.